The summed E-state index contributed by atoms with van der Waals surface area (Å²) in [5, 5.41) is 8.86. The van der Waals surface area contributed by atoms with Crippen molar-refractivity contribution >= 4 is 21.9 Å². The molecule has 0 aliphatic rings. The summed E-state index contributed by atoms with van der Waals surface area (Å²) >= 11 is 3.22. The third-order valence-corrected chi connectivity index (χ3v) is 2.21. The second-order valence-electron chi connectivity index (χ2n) is 2.65. The zero-order valence-electron chi connectivity index (χ0n) is 6.96. The summed E-state index contributed by atoms with van der Waals surface area (Å²) in [5.41, 5.74) is 6.46. The molecule has 0 saturated carbocycles. The van der Waals surface area contributed by atoms with Gasteiger partial charge in [0.15, 0.2) is 0 Å². The molecule has 0 aliphatic carbocycles. The fourth-order valence-corrected chi connectivity index (χ4v) is 1.48. The smallest absolute Gasteiger partial charge is 0.336 e. The molecule has 0 radical (unpaired) electrons. The molecule has 0 atom stereocenters. The predicted molar refractivity (Wildman–Crippen MR) is 53.9 cm³/mol. The van der Waals surface area contributed by atoms with Crippen LogP contribution in [0, 0.1) is 0 Å². The molecule has 3 N–H and O–H groups in total. The van der Waals surface area contributed by atoms with Gasteiger partial charge in [0.05, 0.1) is 5.56 Å². The van der Waals surface area contributed by atoms with Crippen LogP contribution >= 0.6 is 15.9 Å². The molecule has 70 valence electrons. The Hall–Kier alpha value is -0.870. The Morgan fingerprint density at radius 2 is 2.23 bits per heavy atom. The van der Waals surface area contributed by atoms with E-state index >= 15 is 0 Å². The summed E-state index contributed by atoms with van der Waals surface area (Å²) in [6, 6.07) is 5.19. The molecule has 0 unspecified atom stereocenters. The summed E-state index contributed by atoms with van der Waals surface area (Å²) in [5.74, 6) is -0.912. The van der Waals surface area contributed by atoms with Crippen molar-refractivity contribution in [2.75, 3.05) is 6.54 Å². The van der Waals surface area contributed by atoms with Gasteiger partial charge in [-0.1, -0.05) is 22.0 Å². The highest BCUT2D eigenvalue weighted by atomic mass is 79.9. The number of aromatic carboxylic acids is 1. The van der Waals surface area contributed by atoms with E-state index in [0.717, 1.165) is 10.0 Å². The van der Waals surface area contributed by atoms with E-state index in [0.29, 0.717) is 18.5 Å². The van der Waals surface area contributed by atoms with E-state index in [1.165, 1.54) is 0 Å². The van der Waals surface area contributed by atoms with Crippen LogP contribution < -0.4 is 5.73 Å². The van der Waals surface area contributed by atoms with Crippen molar-refractivity contribution in [1.82, 2.24) is 0 Å². The molecule has 0 spiro atoms. The van der Waals surface area contributed by atoms with E-state index in [1.807, 2.05) is 6.07 Å². The predicted octanol–water partition coefficient (Wildman–Crippen LogP) is 1.65. The highest BCUT2D eigenvalue weighted by Gasteiger charge is 2.09. The quantitative estimate of drug-likeness (QED) is 0.849. The summed E-state index contributed by atoms with van der Waals surface area (Å²) in [6.45, 7) is 0.460. The van der Waals surface area contributed by atoms with E-state index in [9.17, 15) is 4.79 Å². The molecule has 1 aromatic carbocycles. The Morgan fingerprint density at radius 1 is 1.54 bits per heavy atom. The molecule has 0 bridgehead atoms. The van der Waals surface area contributed by atoms with Gasteiger partial charge in [0.25, 0.3) is 0 Å². The lowest BCUT2D eigenvalue weighted by Gasteiger charge is -2.04. The van der Waals surface area contributed by atoms with Gasteiger partial charge in [-0.15, -0.1) is 0 Å². The summed E-state index contributed by atoms with van der Waals surface area (Å²) in [7, 11) is 0. The van der Waals surface area contributed by atoms with Crippen molar-refractivity contribution in [3.05, 3.63) is 33.8 Å². The molecule has 0 amide bonds. The first kappa shape index (κ1) is 10.2. The molecule has 1 rings (SSSR count). The van der Waals surface area contributed by atoms with Gasteiger partial charge in [0.1, 0.15) is 0 Å². The third-order valence-electron chi connectivity index (χ3n) is 1.72. The topological polar surface area (TPSA) is 63.3 Å². The van der Waals surface area contributed by atoms with Gasteiger partial charge < -0.3 is 10.8 Å². The largest absolute Gasteiger partial charge is 0.478 e. The number of nitrogens with two attached hydrogens (primary N) is 1. The average Bonchev–Trinajstić information content (AvgIpc) is 2.08. The lowest BCUT2D eigenvalue weighted by atomic mass is 10.1. The minimum absolute atomic E-state index is 0.319. The van der Waals surface area contributed by atoms with Crippen LogP contribution in [0.3, 0.4) is 0 Å². The maximum absolute atomic E-state index is 10.8. The number of halogens is 1. The minimum atomic E-state index is -0.912. The molecule has 13 heavy (non-hydrogen) atoms. The molecule has 0 aromatic heterocycles. The molecule has 0 saturated heterocycles. The van der Waals surface area contributed by atoms with Gasteiger partial charge in [-0.05, 0) is 30.7 Å². The van der Waals surface area contributed by atoms with Crippen molar-refractivity contribution in [3.63, 3.8) is 0 Å². The van der Waals surface area contributed by atoms with Crippen LogP contribution in [0.5, 0.6) is 0 Å². The van der Waals surface area contributed by atoms with Crippen LogP contribution in [0.15, 0.2) is 22.7 Å². The summed E-state index contributed by atoms with van der Waals surface area (Å²) in [4.78, 5) is 10.8. The number of rotatable bonds is 3. The Kier molecular flexibility index (Phi) is 3.45. The van der Waals surface area contributed by atoms with Crippen LogP contribution in [-0.4, -0.2) is 17.6 Å². The van der Waals surface area contributed by atoms with Crippen molar-refractivity contribution in [2.45, 2.75) is 6.42 Å². The van der Waals surface area contributed by atoms with Crippen molar-refractivity contribution in [3.8, 4) is 0 Å². The summed E-state index contributed by atoms with van der Waals surface area (Å²) < 4.78 is 0.769. The Bertz CT molecular complexity index is 325. The minimum Gasteiger partial charge on any atom is -0.478 e. The number of carboxylic acid groups (broad SMARTS) is 1. The molecule has 3 nitrogen and oxygen atoms in total. The van der Waals surface area contributed by atoms with Crippen molar-refractivity contribution < 1.29 is 9.90 Å². The first-order valence-corrected chi connectivity index (χ1v) is 4.66. The zero-order chi connectivity index (χ0) is 9.84. The van der Waals surface area contributed by atoms with Crippen LogP contribution in [0.2, 0.25) is 0 Å². The van der Waals surface area contributed by atoms with Crippen LogP contribution in [0.4, 0.5) is 0 Å². The van der Waals surface area contributed by atoms with Gasteiger partial charge in [-0.25, -0.2) is 4.79 Å². The molecule has 1 aromatic rings. The lowest BCUT2D eigenvalue weighted by molar-refractivity contribution is 0.0695. The second-order valence-corrected chi connectivity index (χ2v) is 3.56. The van der Waals surface area contributed by atoms with Gasteiger partial charge in [0.2, 0.25) is 0 Å². The molecule has 4 heteroatoms. The standard InChI is InChI=1S/C9H10BrNO2/c10-7-2-1-6(3-4-11)8(5-7)9(12)13/h1-2,5H,3-4,11H2,(H,12,13). The first-order valence-electron chi connectivity index (χ1n) is 3.87. The number of carboxylic acids is 1. The average molecular weight is 244 g/mol. The monoisotopic (exact) mass is 243 g/mol. The maximum atomic E-state index is 10.8. The third kappa shape index (κ3) is 2.54. The molecular weight excluding hydrogens is 234 g/mol. The van der Waals surface area contributed by atoms with Gasteiger partial charge >= 0.3 is 5.97 Å². The van der Waals surface area contributed by atoms with E-state index in [2.05, 4.69) is 15.9 Å². The number of hydrogen-bond donors (Lipinski definition) is 2. The Balaban J connectivity index is 3.10. The Labute approximate surface area is 84.7 Å². The van der Waals surface area contributed by atoms with E-state index in [4.69, 9.17) is 10.8 Å². The molecule has 0 heterocycles. The first-order chi connectivity index (χ1) is 6.15. The van der Waals surface area contributed by atoms with Crippen molar-refractivity contribution in [1.29, 1.82) is 0 Å². The fraction of sp³-hybridized carbons (Fsp3) is 0.222. The highest BCUT2D eigenvalue weighted by Crippen LogP contribution is 2.16. The van der Waals surface area contributed by atoms with Crippen LogP contribution in [0.1, 0.15) is 15.9 Å². The zero-order valence-corrected chi connectivity index (χ0v) is 8.54. The second kappa shape index (κ2) is 4.39. The van der Waals surface area contributed by atoms with E-state index in [-0.39, 0.29) is 0 Å². The fourth-order valence-electron chi connectivity index (χ4n) is 1.12. The SMILES string of the molecule is NCCc1ccc(Br)cc1C(=O)O. The van der Waals surface area contributed by atoms with E-state index in [1.54, 1.807) is 12.1 Å². The summed E-state index contributed by atoms with van der Waals surface area (Å²) in [6.07, 6.45) is 0.592. The number of hydrogen-bond acceptors (Lipinski definition) is 2. The molecule has 0 fully saturated rings. The van der Waals surface area contributed by atoms with Gasteiger partial charge in [0, 0.05) is 4.47 Å². The van der Waals surface area contributed by atoms with Crippen LogP contribution in [0.25, 0.3) is 0 Å². The molecular formula is C9H10BrNO2. The Morgan fingerprint density at radius 3 is 2.77 bits per heavy atom. The van der Waals surface area contributed by atoms with Gasteiger partial charge in [-0.3, -0.25) is 0 Å². The van der Waals surface area contributed by atoms with Crippen molar-refractivity contribution in [2.24, 2.45) is 5.73 Å². The van der Waals surface area contributed by atoms with Gasteiger partial charge in [-0.2, -0.15) is 0 Å². The molecule has 0 aliphatic heterocycles. The van der Waals surface area contributed by atoms with Crippen LogP contribution in [-0.2, 0) is 6.42 Å². The lowest BCUT2D eigenvalue weighted by Crippen LogP contribution is -2.08. The van der Waals surface area contributed by atoms with E-state index < -0.39 is 5.97 Å². The maximum Gasteiger partial charge on any atom is 0.336 e. The highest BCUT2D eigenvalue weighted by molar-refractivity contribution is 9.10. The number of carbonyl (C=O) groups is 1. The normalized spacial score (nSPS) is 10.0. The number of benzene rings is 1.